The molecule has 0 N–H and O–H groups in total. The Labute approximate surface area is 188 Å². The van der Waals surface area contributed by atoms with E-state index in [2.05, 4.69) is 0 Å². The van der Waals surface area contributed by atoms with Crippen molar-refractivity contribution >= 4 is 11.8 Å². The first kappa shape index (κ1) is 24.0. The van der Waals surface area contributed by atoms with E-state index in [0.29, 0.717) is 39.1 Å². The summed E-state index contributed by atoms with van der Waals surface area (Å²) in [5, 5.41) is 0. The molecule has 0 spiro atoms. The lowest BCUT2D eigenvalue weighted by Gasteiger charge is -2.41. The van der Waals surface area contributed by atoms with Crippen LogP contribution in [-0.2, 0) is 47.5 Å². The number of carbonyl (C=O) groups excluding carboxylic acids is 2. The van der Waals surface area contributed by atoms with Crippen molar-refractivity contribution < 1.29 is 47.5 Å². The van der Waals surface area contributed by atoms with E-state index < -0.39 is 23.8 Å². The van der Waals surface area contributed by atoms with Crippen molar-refractivity contribution in [3.05, 3.63) is 0 Å². The highest BCUT2D eigenvalue weighted by Crippen LogP contribution is 2.36. The molecule has 4 fully saturated rings. The summed E-state index contributed by atoms with van der Waals surface area (Å²) in [4.78, 5) is 24.0. The van der Waals surface area contributed by atoms with Crippen LogP contribution >= 0.6 is 0 Å². The first-order chi connectivity index (χ1) is 15.2. The number of esters is 1. The topological polar surface area (TPSA) is 108 Å². The number of Topliss-reactive ketones (excluding diaryl/α,β-unsaturated/α-hetero) is 1. The van der Waals surface area contributed by atoms with E-state index in [4.69, 9.17) is 37.9 Å². The summed E-state index contributed by atoms with van der Waals surface area (Å²) in [7, 11) is 1.63. The van der Waals surface area contributed by atoms with Crippen molar-refractivity contribution in [3.63, 3.8) is 0 Å². The Kier molecular flexibility index (Phi) is 7.21. The lowest BCUT2D eigenvalue weighted by molar-refractivity contribution is -0.314. The number of methoxy groups -OCH3 is 1. The molecule has 0 bridgehead atoms. The quantitative estimate of drug-likeness (QED) is 0.491. The first-order valence-corrected chi connectivity index (χ1v) is 11.3. The van der Waals surface area contributed by atoms with Crippen LogP contribution in [0.1, 0.15) is 46.5 Å². The van der Waals surface area contributed by atoms with Crippen molar-refractivity contribution in [1.82, 2.24) is 0 Å². The van der Waals surface area contributed by atoms with Crippen LogP contribution in [0.25, 0.3) is 0 Å². The number of carbonyl (C=O) groups is 2. The molecule has 0 unspecified atom stereocenters. The van der Waals surface area contributed by atoms with Crippen LogP contribution in [0.3, 0.4) is 0 Å². The Morgan fingerprint density at radius 3 is 1.94 bits per heavy atom. The molecule has 4 aliphatic heterocycles. The molecular formula is C22H34O10. The highest BCUT2D eigenvalue weighted by molar-refractivity contribution is 5.75. The third-order valence-corrected chi connectivity index (χ3v) is 6.59. The number of hydrogen-bond donors (Lipinski definition) is 0. The second-order valence-corrected chi connectivity index (χ2v) is 9.30. The zero-order valence-electron chi connectivity index (χ0n) is 19.2. The Bertz CT molecular complexity index is 694. The maximum atomic E-state index is 12.6. The normalized spacial score (nSPS) is 43.5. The second kappa shape index (κ2) is 9.61. The Hall–Kier alpha value is -1.14. The average molecular weight is 459 g/mol. The van der Waals surface area contributed by atoms with Crippen LogP contribution in [0.15, 0.2) is 0 Å². The van der Waals surface area contributed by atoms with E-state index in [1.165, 1.54) is 6.92 Å². The highest BCUT2D eigenvalue weighted by atomic mass is 16.8. The van der Waals surface area contributed by atoms with Crippen LogP contribution in [0.4, 0.5) is 0 Å². The molecule has 10 nitrogen and oxygen atoms in total. The summed E-state index contributed by atoms with van der Waals surface area (Å²) >= 11 is 0. The summed E-state index contributed by atoms with van der Waals surface area (Å²) in [6, 6.07) is 0. The third-order valence-electron chi connectivity index (χ3n) is 6.59. The molecule has 182 valence electrons. The molecule has 0 aliphatic carbocycles. The molecule has 4 heterocycles. The minimum absolute atomic E-state index is 0.0687. The van der Waals surface area contributed by atoms with Gasteiger partial charge in [-0.25, -0.2) is 0 Å². The van der Waals surface area contributed by atoms with Gasteiger partial charge in [0.05, 0.1) is 32.8 Å². The Balaban J connectivity index is 1.27. The van der Waals surface area contributed by atoms with Crippen LogP contribution in [0, 0.1) is 0 Å². The van der Waals surface area contributed by atoms with E-state index in [9.17, 15) is 9.59 Å². The molecule has 32 heavy (non-hydrogen) atoms. The fourth-order valence-corrected chi connectivity index (χ4v) is 4.57. The molecule has 10 heteroatoms. The van der Waals surface area contributed by atoms with Gasteiger partial charge in [0.25, 0.3) is 0 Å². The van der Waals surface area contributed by atoms with E-state index in [1.807, 2.05) is 6.92 Å². The van der Waals surface area contributed by atoms with E-state index >= 15 is 0 Å². The van der Waals surface area contributed by atoms with Crippen molar-refractivity contribution in [2.75, 3.05) is 33.5 Å². The summed E-state index contributed by atoms with van der Waals surface area (Å²) in [6.07, 6.45) is -0.524. The average Bonchev–Trinajstić information content (AvgIpc) is 3.34. The lowest BCUT2D eigenvalue weighted by Crippen LogP contribution is -2.52. The minimum atomic E-state index is -0.917. The van der Waals surface area contributed by atoms with Gasteiger partial charge in [-0.3, -0.25) is 4.79 Å². The van der Waals surface area contributed by atoms with Crippen molar-refractivity contribution in [3.8, 4) is 0 Å². The molecule has 8 atom stereocenters. The van der Waals surface area contributed by atoms with Gasteiger partial charge in [0.15, 0.2) is 17.7 Å². The third kappa shape index (κ3) is 5.32. The predicted octanol–water partition coefficient (Wildman–Crippen LogP) is 1.12. The molecule has 4 rings (SSSR count). The first-order valence-electron chi connectivity index (χ1n) is 11.3. The van der Waals surface area contributed by atoms with Gasteiger partial charge < -0.3 is 42.7 Å². The molecule has 0 saturated carbocycles. The standard InChI is InChI=1S/C22H34O10/c1-13(23)5-7-21(2)28-12-16-20(32-21)17(10-27-16)30-18(24)6-8-22(3)29-11-15-19(31-22)14(25-4)9-26-15/h14-17,19-20H,5-12H2,1-4H3/t14-,15+,16-,17+,19+,20+,21-,22+/m1/s1. The predicted molar refractivity (Wildman–Crippen MR) is 108 cm³/mol. The maximum absolute atomic E-state index is 12.6. The highest BCUT2D eigenvalue weighted by Gasteiger charge is 2.50. The van der Waals surface area contributed by atoms with E-state index in [0.717, 1.165) is 0 Å². The van der Waals surface area contributed by atoms with Gasteiger partial charge in [-0.15, -0.1) is 0 Å². The molecule has 0 radical (unpaired) electrons. The van der Waals surface area contributed by atoms with Gasteiger partial charge in [0.2, 0.25) is 0 Å². The maximum Gasteiger partial charge on any atom is 0.306 e. The van der Waals surface area contributed by atoms with Crippen molar-refractivity contribution in [1.29, 1.82) is 0 Å². The van der Waals surface area contributed by atoms with Crippen LogP contribution in [0.5, 0.6) is 0 Å². The fourth-order valence-electron chi connectivity index (χ4n) is 4.57. The summed E-state index contributed by atoms with van der Waals surface area (Å²) in [5.74, 6) is -2.12. The molecule has 0 aromatic rings. The number of ketones is 1. The van der Waals surface area contributed by atoms with E-state index in [1.54, 1.807) is 14.0 Å². The zero-order chi connectivity index (χ0) is 22.9. The number of ether oxygens (including phenoxy) is 8. The molecule has 0 aromatic heterocycles. The summed E-state index contributed by atoms with van der Waals surface area (Å²) in [6.45, 7) is 6.59. The number of hydrogen-bond acceptors (Lipinski definition) is 10. The van der Waals surface area contributed by atoms with Crippen molar-refractivity contribution in [2.45, 2.75) is 94.7 Å². The molecular weight excluding hydrogens is 424 g/mol. The second-order valence-electron chi connectivity index (χ2n) is 9.30. The minimum Gasteiger partial charge on any atom is -0.457 e. The Morgan fingerprint density at radius 1 is 0.844 bits per heavy atom. The Morgan fingerprint density at radius 2 is 1.38 bits per heavy atom. The van der Waals surface area contributed by atoms with Crippen LogP contribution in [-0.4, -0.2) is 93.5 Å². The zero-order valence-corrected chi connectivity index (χ0v) is 19.2. The number of fused-ring (bicyclic) bond motifs is 2. The van der Waals surface area contributed by atoms with Gasteiger partial charge in [-0.05, 0) is 20.8 Å². The van der Waals surface area contributed by atoms with Gasteiger partial charge in [0, 0.05) is 26.4 Å². The molecule has 4 saturated heterocycles. The van der Waals surface area contributed by atoms with Crippen LogP contribution in [0.2, 0.25) is 0 Å². The fraction of sp³-hybridized carbons (Fsp3) is 0.909. The lowest BCUT2D eigenvalue weighted by atomic mass is 10.0. The van der Waals surface area contributed by atoms with E-state index in [-0.39, 0.29) is 49.2 Å². The molecule has 0 aromatic carbocycles. The SMILES string of the molecule is CO[C@@H]1CO[C@H]2CO[C@](C)(CCC(=O)O[C@H]3CO[C@@H]4CO[C@@](C)(CCC(C)=O)O[C@H]34)O[C@H]21. The summed E-state index contributed by atoms with van der Waals surface area (Å²) < 4.78 is 46.3. The largest absolute Gasteiger partial charge is 0.457 e. The monoisotopic (exact) mass is 458 g/mol. The smallest absolute Gasteiger partial charge is 0.306 e. The van der Waals surface area contributed by atoms with Gasteiger partial charge >= 0.3 is 5.97 Å². The van der Waals surface area contributed by atoms with Crippen molar-refractivity contribution in [2.24, 2.45) is 0 Å². The van der Waals surface area contributed by atoms with Gasteiger partial charge in [-0.1, -0.05) is 0 Å². The van der Waals surface area contributed by atoms with Gasteiger partial charge in [0.1, 0.15) is 36.3 Å². The summed E-state index contributed by atoms with van der Waals surface area (Å²) in [5.41, 5.74) is 0. The number of rotatable bonds is 8. The molecule has 4 aliphatic rings. The van der Waals surface area contributed by atoms with Gasteiger partial charge in [-0.2, -0.15) is 0 Å². The molecule has 0 amide bonds. The van der Waals surface area contributed by atoms with Crippen LogP contribution < -0.4 is 0 Å².